The van der Waals surface area contributed by atoms with E-state index in [0.717, 1.165) is 18.5 Å². The number of primary amides is 1. The zero-order chi connectivity index (χ0) is 21.0. The first kappa shape index (κ1) is 19.9. The molecule has 0 spiro atoms. The smallest absolute Gasteiger partial charge is 0.267 e. The van der Waals surface area contributed by atoms with Crippen molar-refractivity contribution in [2.45, 2.75) is 6.42 Å². The molecule has 3 rings (SSSR count). The molecule has 4 N–H and O–H groups in total. The highest BCUT2D eigenvalue weighted by Gasteiger charge is 2.27. The van der Waals surface area contributed by atoms with Crippen molar-refractivity contribution in [2.24, 2.45) is 11.7 Å². The van der Waals surface area contributed by atoms with E-state index < -0.39 is 5.91 Å². The summed E-state index contributed by atoms with van der Waals surface area (Å²) in [6.07, 6.45) is 2.21. The Hall–Kier alpha value is -3.86. The molecule has 2 amide bonds. The number of nitrogens with zero attached hydrogens (tertiary/aromatic N) is 2. The van der Waals surface area contributed by atoms with E-state index in [0.29, 0.717) is 17.3 Å². The molecule has 1 unspecified atom stereocenters. The van der Waals surface area contributed by atoms with E-state index in [4.69, 9.17) is 15.9 Å². The lowest BCUT2D eigenvalue weighted by Crippen LogP contribution is -2.24. The Balaban J connectivity index is 1.85. The quantitative estimate of drug-likeness (QED) is 0.527. The number of hydrogen-bond donors (Lipinski definition) is 3. The third-order valence-corrected chi connectivity index (χ3v) is 4.56. The number of nitrogens with two attached hydrogens (primary N) is 1. The van der Waals surface area contributed by atoms with Gasteiger partial charge in [0.25, 0.3) is 5.91 Å². The molecule has 0 aliphatic carbocycles. The molecule has 0 bridgehead atoms. The number of ether oxygens (including phenoxy) is 1. The second-order valence-corrected chi connectivity index (χ2v) is 6.59. The number of benzene rings is 1. The van der Waals surface area contributed by atoms with Gasteiger partial charge in [-0.3, -0.25) is 15.0 Å². The number of hydrogen-bond acceptors (Lipinski definition) is 6. The Morgan fingerprint density at radius 3 is 2.86 bits per heavy atom. The Morgan fingerprint density at radius 1 is 1.41 bits per heavy atom. The fourth-order valence-corrected chi connectivity index (χ4v) is 2.92. The molecular weight excluding hydrogens is 370 g/mol. The van der Waals surface area contributed by atoms with Crippen LogP contribution in [0.4, 0.5) is 11.5 Å². The lowest BCUT2D eigenvalue weighted by atomic mass is 10.1. The Bertz CT molecular complexity index is 1040. The van der Waals surface area contributed by atoms with Gasteiger partial charge in [0.15, 0.2) is 0 Å². The number of carbonyl (C=O) groups is 2. The van der Waals surface area contributed by atoms with Crippen LogP contribution in [0.5, 0.6) is 5.75 Å². The summed E-state index contributed by atoms with van der Waals surface area (Å²) in [6.45, 7) is 0.720. The van der Waals surface area contributed by atoms with E-state index in [1.165, 1.54) is 19.4 Å². The first-order valence-corrected chi connectivity index (χ1v) is 8.95. The van der Waals surface area contributed by atoms with E-state index in [2.05, 4.69) is 22.1 Å². The zero-order valence-corrected chi connectivity index (χ0v) is 16.2. The highest BCUT2D eigenvalue weighted by atomic mass is 16.5. The minimum Gasteiger partial charge on any atom is -0.495 e. The fourth-order valence-electron chi connectivity index (χ4n) is 2.92. The van der Waals surface area contributed by atoms with Gasteiger partial charge in [-0.15, -0.1) is 0 Å². The van der Waals surface area contributed by atoms with E-state index >= 15 is 0 Å². The number of carbonyl (C=O) groups excluding carboxylic acids is 2. The standard InChI is InChI=1S/C21H21N5O3/c1-26-9-8-14(21(26)28)7-6-13-4-3-5-15(10-13)25-20-17(18(22)19(23)27)11-16(29-2)12-24-20/h3-5,10-12,14,22H,8-9H2,1-2H3,(H2,23,27)(H,24,25). The number of aromatic nitrogens is 1. The molecular formula is C21H21N5O3. The van der Waals surface area contributed by atoms with E-state index in [-0.39, 0.29) is 23.1 Å². The topological polar surface area (TPSA) is 121 Å². The summed E-state index contributed by atoms with van der Waals surface area (Å²) >= 11 is 0. The highest BCUT2D eigenvalue weighted by Crippen LogP contribution is 2.24. The Labute approximate surface area is 168 Å². The first-order chi connectivity index (χ1) is 13.9. The summed E-state index contributed by atoms with van der Waals surface area (Å²) in [5.74, 6) is 5.68. The highest BCUT2D eigenvalue weighted by molar-refractivity contribution is 6.44. The van der Waals surface area contributed by atoms with E-state index in [1.807, 2.05) is 18.2 Å². The maximum absolute atomic E-state index is 12.0. The number of nitrogens with one attached hydrogen (secondary N) is 2. The maximum Gasteiger partial charge on any atom is 0.267 e. The number of methoxy groups -OCH3 is 1. The molecule has 8 heteroatoms. The molecule has 1 saturated heterocycles. The normalized spacial score (nSPS) is 15.4. The van der Waals surface area contributed by atoms with Gasteiger partial charge >= 0.3 is 0 Å². The van der Waals surface area contributed by atoms with Crippen LogP contribution in [0, 0.1) is 23.2 Å². The molecule has 2 aromatic rings. The Kier molecular flexibility index (Phi) is 5.79. The molecule has 8 nitrogen and oxygen atoms in total. The number of anilines is 2. The Morgan fingerprint density at radius 2 is 2.21 bits per heavy atom. The van der Waals surface area contributed by atoms with Crippen LogP contribution in [0.2, 0.25) is 0 Å². The van der Waals surface area contributed by atoms with Crippen molar-refractivity contribution < 1.29 is 14.3 Å². The van der Waals surface area contributed by atoms with Crippen LogP contribution < -0.4 is 15.8 Å². The largest absolute Gasteiger partial charge is 0.495 e. The van der Waals surface area contributed by atoms with Crippen molar-refractivity contribution in [2.75, 3.05) is 26.0 Å². The van der Waals surface area contributed by atoms with Gasteiger partial charge < -0.3 is 20.7 Å². The van der Waals surface area contributed by atoms with E-state index in [9.17, 15) is 9.59 Å². The summed E-state index contributed by atoms with van der Waals surface area (Å²) < 4.78 is 5.12. The van der Waals surface area contributed by atoms with Gasteiger partial charge in [-0.2, -0.15) is 0 Å². The zero-order valence-electron chi connectivity index (χ0n) is 16.2. The molecule has 1 aliphatic heterocycles. The molecule has 1 fully saturated rings. The van der Waals surface area contributed by atoms with Crippen molar-refractivity contribution >= 4 is 29.0 Å². The lowest BCUT2D eigenvalue weighted by molar-refractivity contribution is -0.128. The summed E-state index contributed by atoms with van der Waals surface area (Å²) in [6, 6.07) is 8.80. The van der Waals surface area contributed by atoms with Gasteiger partial charge in [0, 0.05) is 24.8 Å². The predicted molar refractivity (Wildman–Crippen MR) is 109 cm³/mol. The molecule has 1 aromatic carbocycles. The molecule has 0 radical (unpaired) electrons. The van der Waals surface area contributed by atoms with Crippen molar-refractivity contribution in [3.63, 3.8) is 0 Å². The number of likely N-dealkylation sites (tertiary alicyclic amines) is 1. The van der Waals surface area contributed by atoms with Crippen LogP contribution in [0.3, 0.4) is 0 Å². The molecule has 1 aromatic heterocycles. The van der Waals surface area contributed by atoms with Gasteiger partial charge in [-0.05, 0) is 30.7 Å². The average molecular weight is 391 g/mol. The van der Waals surface area contributed by atoms with Crippen LogP contribution in [0.1, 0.15) is 17.5 Å². The molecule has 0 saturated carbocycles. The number of amides is 2. The molecule has 2 heterocycles. The second-order valence-electron chi connectivity index (χ2n) is 6.59. The summed E-state index contributed by atoms with van der Waals surface area (Å²) in [4.78, 5) is 29.4. The van der Waals surface area contributed by atoms with Gasteiger partial charge in [-0.1, -0.05) is 17.9 Å². The predicted octanol–water partition coefficient (Wildman–Crippen LogP) is 1.52. The van der Waals surface area contributed by atoms with Gasteiger partial charge in [0.2, 0.25) is 5.91 Å². The van der Waals surface area contributed by atoms with Gasteiger partial charge in [-0.25, -0.2) is 4.98 Å². The third kappa shape index (κ3) is 4.52. The average Bonchev–Trinajstić information content (AvgIpc) is 3.04. The maximum atomic E-state index is 12.0. The van der Waals surface area contributed by atoms with Gasteiger partial charge in [0.05, 0.1) is 18.9 Å². The summed E-state index contributed by atoms with van der Waals surface area (Å²) in [7, 11) is 3.24. The summed E-state index contributed by atoms with van der Waals surface area (Å²) in [5, 5.41) is 11.0. The number of rotatable bonds is 5. The third-order valence-electron chi connectivity index (χ3n) is 4.56. The first-order valence-electron chi connectivity index (χ1n) is 8.95. The molecule has 1 aliphatic rings. The van der Waals surface area contributed by atoms with E-state index in [1.54, 1.807) is 18.0 Å². The van der Waals surface area contributed by atoms with Crippen molar-refractivity contribution in [1.82, 2.24) is 9.88 Å². The fraction of sp³-hybridized carbons (Fsp3) is 0.238. The lowest BCUT2D eigenvalue weighted by Gasteiger charge is -2.12. The molecule has 1 atom stereocenters. The second kappa shape index (κ2) is 8.44. The van der Waals surface area contributed by atoms with Crippen LogP contribution in [0.15, 0.2) is 36.5 Å². The van der Waals surface area contributed by atoms with Gasteiger partial charge in [0.1, 0.15) is 23.2 Å². The monoisotopic (exact) mass is 391 g/mol. The van der Waals surface area contributed by atoms with Crippen molar-refractivity contribution in [1.29, 1.82) is 5.41 Å². The van der Waals surface area contributed by atoms with Crippen LogP contribution in [0.25, 0.3) is 0 Å². The number of pyridine rings is 1. The van der Waals surface area contributed by atoms with Crippen LogP contribution >= 0.6 is 0 Å². The SMILES string of the molecule is COc1cnc(Nc2cccc(C#CC3CCN(C)C3=O)c2)c(C(=N)C(N)=O)c1. The minimum absolute atomic E-state index is 0.0452. The minimum atomic E-state index is -0.867. The van der Waals surface area contributed by atoms with Crippen LogP contribution in [-0.4, -0.2) is 48.1 Å². The van der Waals surface area contributed by atoms with Crippen molar-refractivity contribution in [3.8, 4) is 17.6 Å². The summed E-state index contributed by atoms with van der Waals surface area (Å²) in [5.41, 5.74) is 6.51. The van der Waals surface area contributed by atoms with Crippen LogP contribution in [-0.2, 0) is 9.59 Å². The molecule has 148 valence electrons. The molecule has 29 heavy (non-hydrogen) atoms. The van der Waals surface area contributed by atoms with Crippen molar-refractivity contribution in [3.05, 3.63) is 47.7 Å².